The van der Waals surface area contributed by atoms with Gasteiger partial charge in [0.1, 0.15) is 6.29 Å². The quantitative estimate of drug-likeness (QED) is 0.691. The second-order valence-electron chi connectivity index (χ2n) is 2.92. The minimum atomic E-state index is 0.367. The van der Waals surface area contributed by atoms with Gasteiger partial charge >= 0.3 is 0 Å². The molecule has 70 valence electrons. The fourth-order valence-corrected chi connectivity index (χ4v) is 1.23. The van der Waals surface area contributed by atoms with Gasteiger partial charge in [-0.15, -0.1) is 0 Å². The molecule has 0 saturated carbocycles. The zero-order valence-electron chi connectivity index (χ0n) is 7.51. The SMILES string of the molecule is O=CCc1ccc(-c2ccoc2)cn1. The zero-order valence-corrected chi connectivity index (χ0v) is 7.51. The molecule has 0 saturated heterocycles. The zero-order chi connectivity index (χ0) is 9.80. The summed E-state index contributed by atoms with van der Waals surface area (Å²) >= 11 is 0. The lowest BCUT2D eigenvalue weighted by molar-refractivity contribution is -0.107. The average molecular weight is 187 g/mol. The number of hydrogen-bond donors (Lipinski definition) is 0. The highest BCUT2D eigenvalue weighted by atomic mass is 16.3. The molecule has 2 rings (SSSR count). The second kappa shape index (κ2) is 3.87. The van der Waals surface area contributed by atoms with Gasteiger partial charge in [-0.1, -0.05) is 6.07 Å². The van der Waals surface area contributed by atoms with Crippen LogP contribution in [0.25, 0.3) is 11.1 Å². The molecule has 2 aromatic heterocycles. The highest BCUT2D eigenvalue weighted by Crippen LogP contribution is 2.18. The topological polar surface area (TPSA) is 43.1 Å². The van der Waals surface area contributed by atoms with Gasteiger partial charge in [-0.05, 0) is 12.1 Å². The van der Waals surface area contributed by atoms with Crippen LogP contribution < -0.4 is 0 Å². The number of aromatic nitrogens is 1. The Morgan fingerprint density at radius 1 is 1.29 bits per heavy atom. The maximum atomic E-state index is 10.2. The first-order valence-corrected chi connectivity index (χ1v) is 4.31. The van der Waals surface area contributed by atoms with E-state index in [4.69, 9.17) is 4.42 Å². The fourth-order valence-electron chi connectivity index (χ4n) is 1.23. The minimum Gasteiger partial charge on any atom is -0.472 e. The van der Waals surface area contributed by atoms with E-state index in [1.54, 1.807) is 18.7 Å². The molecule has 2 heterocycles. The van der Waals surface area contributed by atoms with Crippen LogP contribution >= 0.6 is 0 Å². The Morgan fingerprint density at radius 2 is 2.21 bits per heavy atom. The third-order valence-corrected chi connectivity index (χ3v) is 1.97. The molecule has 3 nitrogen and oxygen atoms in total. The first-order chi connectivity index (χ1) is 6.90. The number of rotatable bonds is 3. The molecule has 0 N–H and O–H groups in total. The molecule has 0 aliphatic heterocycles. The van der Waals surface area contributed by atoms with E-state index in [2.05, 4.69) is 4.98 Å². The van der Waals surface area contributed by atoms with Crippen LogP contribution in [0.4, 0.5) is 0 Å². The average Bonchev–Trinajstić information content (AvgIpc) is 2.72. The number of carbonyl (C=O) groups excluding carboxylic acids is 1. The first kappa shape index (κ1) is 8.69. The van der Waals surface area contributed by atoms with Crippen molar-refractivity contribution < 1.29 is 9.21 Å². The monoisotopic (exact) mass is 187 g/mol. The van der Waals surface area contributed by atoms with Crippen LogP contribution in [-0.2, 0) is 11.2 Å². The molecule has 2 aromatic rings. The summed E-state index contributed by atoms with van der Waals surface area (Å²) < 4.78 is 4.96. The maximum absolute atomic E-state index is 10.2. The number of hydrogen-bond acceptors (Lipinski definition) is 3. The Balaban J connectivity index is 2.26. The minimum absolute atomic E-state index is 0.367. The summed E-state index contributed by atoms with van der Waals surface area (Å²) in [4.78, 5) is 14.4. The summed E-state index contributed by atoms with van der Waals surface area (Å²) in [5.74, 6) is 0. The lowest BCUT2D eigenvalue weighted by Gasteiger charge is -1.97. The lowest BCUT2D eigenvalue weighted by Crippen LogP contribution is -1.89. The Bertz CT molecular complexity index is 403. The van der Waals surface area contributed by atoms with Gasteiger partial charge in [-0.3, -0.25) is 4.98 Å². The van der Waals surface area contributed by atoms with Crippen LogP contribution in [0, 0.1) is 0 Å². The Hall–Kier alpha value is -1.90. The van der Waals surface area contributed by atoms with Crippen molar-refractivity contribution in [3.05, 3.63) is 42.6 Å². The molecule has 0 spiro atoms. The summed E-state index contributed by atoms with van der Waals surface area (Å²) in [5, 5.41) is 0. The van der Waals surface area contributed by atoms with E-state index in [9.17, 15) is 4.79 Å². The van der Waals surface area contributed by atoms with Gasteiger partial charge in [0.05, 0.1) is 12.5 Å². The van der Waals surface area contributed by atoms with Gasteiger partial charge in [0, 0.05) is 29.4 Å². The smallest absolute Gasteiger partial charge is 0.125 e. The van der Waals surface area contributed by atoms with Crippen molar-refractivity contribution >= 4 is 6.29 Å². The van der Waals surface area contributed by atoms with E-state index in [-0.39, 0.29) is 0 Å². The van der Waals surface area contributed by atoms with E-state index in [1.165, 1.54) is 0 Å². The third kappa shape index (κ3) is 1.71. The standard InChI is InChI=1S/C11H9NO2/c13-5-3-11-2-1-9(7-12-11)10-4-6-14-8-10/h1-2,4-8H,3H2. The second-order valence-corrected chi connectivity index (χ2v) is 2.92. The summed E-state index contributed by atoms with van der Waals surface area (Å²) in [6.45, 7) is 0. The summed E-state index contributed by atoms with van der Waals surface area (Å²) in [7, 11) is 0. The molecule has 0 fully saturated rings. The lowest BCUT2D eigenvalue weighted by atomic mass is 10.1. The van der Waals surface area contributed by atoms with Gasteiger partial charge in [0.15, 0.2) is 0 Å². The molecule has 0 aliphatic carbocycles. The van der Waals surface area contributed by atoms with Crippen molar-refractivity contribution in [3.63, 3.8) is 0 Å². The molecule has 0 amide bonds. The molecular formula is C11H9NO2. The molecule has 0 atom stereocenters. The van der Waals surface area contributed by atoms with Gasteiger partial charge in [0.2, 0.25) is 0 Å². The van der Waals surface area contributed by atoms with Gasteiger partial charge in [-0.2, -0.15) is 0 Å². The Morgan fingerprint density at radius 3 is 2.79 bits per heavy atom. The first-order valence-electron chi connectivity index (χ1n) is 4.31. The summed E-state index contributed by atoms with van der Waals surface area (Å²) in [6.07, 6.45) is 6.24. The van der Waals surface area contributed by atoms with Crippen molar-refractivity contribution in [3.8, 4) is 11.1 Å². The molecule has 14 heavy (non-hydrogen) atoms. The number of furan rings is 1. The van der Waals surface area contributed by atoms with Crippen LogP contribution in [0.5, 0.6) is 0 Å². The van der Waals surface area contributed by atoms with Crippen LogP contribution in [0.2, 0.25) is 0 Å². The van der Waals surface area contributed by atoms with Crippen LogP contribution in [0.15, 0.2) is 41.3 Å². The van der Waals surface area contributed by atoms with Gasteiger partial charge in [-0.25, -0.2) is 0 Å². The predicted octanol–water partition coefficient (Wildman–Crippen LogP) is 2.08. The molecule has 0 aromatic carbocycles. The predicted molar refractivity (Wildman–Crippen MR) is 51.7 cm³/mol. The molecule has 3 heteroatoms. The van der Waals surface area contributed by atoms with E-state index in [1.807, 2.05) is 18.2 Å². The van der Waals surface area contributed by atoms with Crippen molar-refractivity contribution in [2.45, 2.75) is 6.42 Å². The number of aldehydes is 1. The number of nitrogens with zero attached hydrogens (tertiary/aromatic N) is 1. The molecule has 0 radical (unpaired) electrons. The van der Waals surface area contributed by atoms with Crippen molar-refractivity contribution in [1.82, 2.24) is 4.98 Å². The van der Waals surface area contributed by atoms with E-state index in [0.717, 1.165) is 23.1 Å². The van der Waals surface area contributed by atoms with Gasteiger partial charge < -0.3 is 9.21 Å². The Labute approximate surface area is 81.4 Å². The van der Waals surface area contributed by atoms with Crippen molar-refractivity contribution in [2.24, 2.45) is 0 Å². The van der Waals surface area contributed by atoms with E-state index in [0.29, 0.717) is 6.42 Å². The third-order valence-electron chi connectivity index (χ3n) is 1.97. The molecular weight excluding hydrogens is 178 g/mol. The van der Waals surface area contributed by atoms with E-state index >= 15 is 0 Å². The largest absolute Gasteiger partial charge is 0.472 e. The van der Waals surface area contributed by atoms with E-state index < -0.39 is 0 Å². The Kier molecular flexibility index (Phi) is 2.40. The highest BCUT2D eigenvalue weighted by Gasteiger charge is 1.99. The van der Waals surface area contributed by atoms with Crippen molar-refractivity contribution in [2.75, 3.05) is 0 Å². The number of pyridine rings is 1. The highest BCUT2D eigenvalue weighted by molar-refractivity contribution is 5.61. The molecule has 0 unspecified atom stereocenters. The number of carbonyl (C=O) groups is 1. The van der Waals surface area contributed by atoms with Gasteiger partial charge in [0.25, 0.3) is 0 Å². The summed E-state index contributed by atoms with van der Waals surface area (Å²) in [5.41, 5.74) is 2.77. The van der Waals surface area contributed by atoms with Crippen LogP contribution in [-0.4, -0.2) is 11.3 Å². The molecule has 0 aliphatic rings. The van der Waals surface area contributed by atoms with Crippen LogP contribution in [0.3, 0.4) is 0 Å². The summed E-state index contributed by atoms with van der Waals surface area (Å²) in [6, 6.07) is 5.64. The van der Waals surface area contributed by atoms with Crippen molar-refractivity contribution in [1.29, 1.82) is 0 Å². The maximum Gasteiger partial charge on any atom is 0.125 e. The fraction of sp³-hybridized carbons (Fsp3) is 0.0909. The normalized spacial score (nSPS) is 10.0. The van der Waals surface area contributed by atoms with Crippen LogP contribution in [0.1, 0.15) is 5.69 Å². The molecule has 0 bridgehead atoms.